The number of carbonyl (C=O) groups excluding carboxylic acids is 1. The quantitative estimate of drug-likeness (QED) is 0.621. The van der Waals surface area contributed by atoms with Crippen molar-refractivity contribution < 1.29 is 9.90 Å². The van der Waals surface area contributed by atoms with Crippen LogP contribution in [0, 0.1) is 0 Å². The first-order valence-corrected chi connectivity index (χ1v) is 8.00. The lowest BCUT2D eigenvalue weighted by molar-refractivity contribution is -0.120. The smallest absolute Gasteiger partial charge is 0.224 e. The number of nitrogens with one attached hydrogen (secondary N) is 2. The number of aliphatic hydroxyl groups is 1. The number of hydrogen-bond donors (Lipinski definition) is 3. The molecule has 2 aromatic rings. The first-order chi connectivity index (χ1) is 11.3. The Balaban J connectivity index is 1.53. The van der Waals surface area contributed by atoms with Crippen LogP contribution >= 0.6 is 0 Å². The van der Waals surface area contributed by atoms with Gasteiger partial charge in [-0.15, -0.1) is 0 Å². The van der Waals surface area contributed by atoms with Gasteiger partial charge in [-0.3, -0.25) is 4.79 Å². The molecule has 23 heavy (non-hydrogen) atoms. The SMILES string of the molecule is O=C(Cc1ccccc1)NCCCNCC(O)c1ccccc1. The summed E-state index contributed by atoms with van der Waals surface area (Å²) in [7, 11) is 0. The van der Waals surface area contributed by atoms with Crippen LogP contribution in [0.1, 0.15) is 23.7 Å². The highest BCUT2D eigenvalue weighted by atomic mass is 16.3. The predicted octanol–water partition coefficient (Wildman–Crippen LogP) is 2.06. The van der Waals surface area contributed by atoms with Gasteiger partial charge >= 0.3 is 0 Å². The zero-order valence-corrected chi connectivity index (χ0v) is 13.2. The molecule has 4 heteroatoms. The molecule has 0 spiro atoms. The van der Waals surface area contributed by atoms with Gasteiger partial charge in [-0.25, -0.2) is 0 Å². The number of benzene rings is 2. The Morgan fingerprint density at radius 1 is 0.957 bits per heavy atom. The molecular formula is C19H24N2O2. The van der Waals surface area contributed by atoms with E-state index in [1.807, 2.05) is 60.7 Å². The normalized spacial score (nSPS) is 11.9. The molecule has 2 aromatic carbocycles. The van der Waals surface area contributed by atoms with Crippen LogP contribution in [0.25, 0.3) is 0 Å². The molecule has 1 unspecified atom stereocenters. The minimum absolute atomic E-state index is 0.0421. The minimum Gasteiger partial charge on any atom is -0.387 e. The van der Waals surface area contributed by atoms with Gasteiger partial charge in [0.1, 0.15) is 0 Å². The fraction of sp³-hybridized carbons (Fsp3) is 0.316. The Bertz CT molecular complexity index is 572. The summed E-state index contributed by atoms with van der Waals surface area (Å²) in [6.45, 7) is 1.91. The van der Waals surface area contributed by atoms with Gasteiger partial charge in [0.25, 0.3) is 0 Å². The molecule has 0 aromatic heterocycles. The van der Waals surface area contributed by atoms with E-state index in [0.717, 1.165) is 24.1 Å². The molecule has 4 nitrogen and oxygen atoms in total. The van der Waals surface area contributed by atoms with Gasteiger partial charge in [0.05, 0.1) is 12.5 Å². The molecule has 0 bridgehead atoms. The molecule has 0 fully saturated rings. The summed E-state index contributed by atoms with van der Waals surface area (Å²) < 4.78 is 0. The predicted molar refractivity (Wildman–Crippen MR) is 92.0 cm³/mol. The summed E-state index contributed by atoms with van der Waals surface area (Å²) >= 11 is 0. The van der Waals surface area contributed by atoms with Crippen LogP contribution in [0.15, 0.2) is 60.7 Å². The molecule has 0 aliphatic rings. The summed E-state index contributed by atoms with van der Waals surface area (Å²) in [4.78, 5) is 11.8. The van der Waals surface area contributed by atoms with Gasteiger partial charge in [0.2, 0.25) is 5.91 Å². The Kier molecular flexibility index (Phi) is 7.30. The standard InChI is InChI=1S/C19H24N2O2/c22-18(17-10-5-2-6-11-17)15-20-12-7-13-21-19(23)14-16-8-3-1-4-9-16/h1-6,8-11,18,20,22H,7,12-15H2,(H,21,23). The number of amides is 1. The van der Waals surface area contributed by atoms with E-state index >= 15 is 0 Å². The second-order valence-corrected chi connectivity index (χ2v) is 5.50. The van der Waals surface area contributed by atoms with Crippen LogP contribution < -0.4 is 10.6 Å². The Hall–Kier alpha value is -2.17. The van der Waals surface area contributed by atoms with Crippen molar-refractivity contribution in [3.63, 3.8) is 0 Å². The van der Waals surface area contributed by atoms with Crippen LogP contribution in [0.5, 0.6) is 0 Å². The highest BCUT2D eigenvalue weighted by molar-refractivity contribution is 5.78. The number of rotatable bonds is 9. The zero-order chi connectivity index (χ0) is 16.3. The van der Waals surface area contributed by atoms with E-state index < -0.39 is 6.10 Å². The molecule has 0 saturated carbocycles. The van der Waals surface area contributed by atoms with E-state index in [2.05, 4.69) is 10.6 Å². The van der Waals surface area contributed by atoms with Crippen molar-refractivity contribution in [2.24, 2.45) is 0 Å². The van der Waals surface area contributed by atoms with Crippen LogP contribution in [0.2, 0.25) is 0 Å². The van der Waals surface area contributed by atoms with E-state index in [0.29, 0.717) is 19.5 Å². The van der Waals surface area contributed by atoms with E-state index in [1.165, 1.54) is 0 Å². The molecule has 1 atom stereocenters. The van der Waals surface area contributed by atoms with E-state index in [1.54, 1.807) is 0 Å². The molecular weight excluding hydrogens is 288 g/mol. The lowest BCUT2D eigenvalue weighted by Crippen LogP contribution is -2.29. The van der Waals surface area contributed by atoms with Gasteiger partial charge in [-0.05, 0) is 24.1 Å². The third-order valence-corrected chi connectivity index (χ3v) is 3.58. The lowest BCUT2D eigenvalue weighted by atomic mass is 10.1. The lowest BCUT2D eigenvalue weighted by Gasteiger charge is -2.12. The van der Waals surface area contributed by atoms with E-state index in [9.17, 15) is 9.90 Å². The average molecular weight is 312 g/mol. The Morgan fingerprint density at radius 3 is 2.30 bits per heavy atom. The molecule has 122 valence electrons. The number of carbonyl (C=O) groups is 1. The Labute approximate surface area is 137 Å². The summed E-state index contributed by atoms with van der Waals surface area (Å²) in [6, 6.07) is 19.3. The molecule has 0 aliphatic carbocycles. The van der Waals surface area contributed by atoms with Crippen molar-refractivity contribution in [1.82, 2.24) is 10.6 Å². The van der Waals surface area contributed by atoms with Gasteiger partial charge in [-0.1, -0.05) is 60.7 Å². The summed E-state index contributed by atoms with van der Waals surface area (Å²) in [6.07, 6.45) is 0.757. The maximum Gasteiger partial charge on any atom is 0.224 e. The van der Waals surface area contributed by atoms with Gasteiger partial charge in [0.15, 0.2) is 0 Å². The van der Waals surface area contributed by atoms with Crippen molar-refractivity contribution in [2.45, 2.75) is 18.9 Å². The van der Waals surface area contributed by atoms with Crippen molar-refractivity contribution in [2.75, 3.05) is 19.6 Å². The highest BCUT2D eigenvalue weighted by Crippen LogP contribution is 2.10. The fourth-order valence-electron chi connectivity index (χ4n) is 2.32. The molecule has 3 N–H and O–H groups in total. The van der Waals surface area contributed by atoms with Crippen LogP contribution in [0.4, 0.5) is 0 Å². The van der Waals surface area contributed by atoms with Crippen molar-refractivity contribution in [3.05, 3.63) is 71.8 Å². The topological polar surface area (TPSA) is 61.4 Å². The summed E-state index contributed by atoms with van der Waals surface area (Å²) in [5.41, 5.74) is 1.94. The maximum absolute atomic E-state index is 11.8. The molecule has 1 amide bonds. The summed E-state index contributed by atoms with van der Waals surface area (Å²) in [5.74, 6) is 0.0421. The summed E-state index contributed by atoms with van der Waals surface area (Å²) in [5, 5.41) is 16.1. The first kappa shape index (κ1) is 17.2. The second kappa shape index (κ2) is 9.77. The van der Waals surface area contributed by atoms with Crippen LogP contribution in [-0.4, -0.2) is 30.6 Å². The third kappa shape index (κ3) is 6.63. The van der Waals surface area contributed by atoms with Crippen molar-refractivity contribution in [3.8, 4) is 0 Å². The highest BCUT2D eigenvalue weighted by Gasteiger charge is 2.05. The van der Waals surface area contributed by atoms with Crippen molar-refractivity contribution >= 4 is 5.91 Å². The van der Waals surface area contributed by atoms with Crippen LogP contribution in [-0.2, 0) is 11.2 Å². The number of aliphatic hydroxyl groups excluding tert-OH is 1. The largest absolute Gasteiger partial charge is 0.387 e. The second-order valence-electron chi connectivity index (χ2n) is 5.50. The fourth-order valence-corrected chi connectivity index (χ4v) is 2.32. The monoisotopic (exact) mass is 312 g/mol. The number of hydrogen-bond acceptors (Lipinski definition) is 3. The van der Waals surface area contributed by atoms with E-state index in [-0.39, 0.29) is 5.91 Å². The molecule has 0 aliphatic heterocycles. The molecule has 2 rings (SSSR count). The van der Waals surface area contributed by atoms with Gasteiger partial charge in [0, 0.05) is 13.1 Å². The first-order valence-electron chi connectivity index (χ1n) is 8.00. The van der Waals surface area contributed by atoms with E-state index in [4.69, 9.17) is 0 Å². The van der Waals surface area contributed by atoms with Crippen molar-refractivity contribution in [1.29, 1.82) is 0 Å². The third-order valence-electron chi connectivity index (χ3n) is 3.58. The van der Waals surface area contributed by atoms with Crippen LogP contribution in [0.3, 0.4) is 0 Å². The Morgan fingerprint density at radius 2 is 1.61 bits per heavy atom. The van der Waals surface area contributed by atoms with Gasteiger partial charge < -0.3 is 15.7 Å². The average Bonchev–Trinajstić information content (AvgIpc) is 2.59. The molecule has 0 radical (unpaired) electrons. The minimum atomic E-state index is -0.496. The molecule has 0 heterocycles. The molecule has 0 saturated heterocycles. The maximum atomic E-state index is 11.8. The zero-order valence-electron chi connectivity index (χ0n) is 13.2. The van der Waals surface area contributed by atoms with Gasteiger partial charge in [-0.2, -0.15) is 0 Å².